The molecule has 1 N–H and O–H groups in total. The second-order valence-electron chi connectivity index (χ2n) is 6.30. The molecule has 1 aromatic heterocycles. The molecular weight excluding hydrogens is 298 g/mol. The highest BCUT2D eigenvalue weighted by Gasteiger charge is 2.33. The average Bonchev–Trinajstić information content (AvgIpc) is 2.85. The van der Waals surface area contributed by atoms with Crippen molar-refractivity contribution in [3.8, 4) is 0 Å². The number of rotatable bonds is 2. The number of amides is 2. The van der Waals surface area contributed by atoms with Crippen LogP contribution in [0.2, 0.25) is 0 Å². The summed E-state index contributed by atoms with van der Waals surface area (Å²) in [5.74, 6) is 0. The van der Waals surface area contributed by atoms with Crippen LogP contribution >= 0.6 is 11.3 Å². The van der Waals surface area contributed by atoms with Crippen molar-refractivity contribution in [2.45, 2.75) is 39.0 Å². The third-order valence-electron chi connectivity index (χ3n) is 3.59. The highest BCUT2D eigenvalue weighted by Crippen LogP contribution is 2.22. The highest BCUT2D eigenvalue weighted by atomic mass is 32.1. The van der Waals surface area contributed by atoms with E-state index >= 15 is 0 Å². The summed E-state index contributed by atoms with van der Waals surface area (Å²) in [7, 11) is 0. The minimum absolute atomic E-state index is 0.0527. The molecule has 0 aliphatic carbocycles. The maximum Gasteiger partial charge on any atom is 0.317 e. The number of aromatic nitrogens is 1. The summed E-state index contributed by atoms with van der Waals surface area (Å²) in [6.45, 7) is 7.70. The molecule has 5 nitrogen and oxygen atoms in total. The van der Waals surface area contributed by atoms with Gasteiger partial charge in [0.1, 0.15) is 5.01 Å². The van der Waals surface area contributed by atoms with Gasteiger partial charge in [0, 0.05) is 6.54 Å². The molecule has 1 aliphatic heterocycles. The molecule has 6 heteroatoms. The third-order valence-corrected chi connectivity index (χ3v) is 4.62. The zero-order chi connectivity index (χ0) is 15.7. The highest BCUT2D eigenvalue weighted by molar-refractivity contribution is 7.18. The number of thiazole rings is 1. The molecule has 1 atom stereocenters. The van der Waals surface area contributed by atoms with Gasteiger partial charge in [0.25, 0.3) is 0 Å². The Morgan fingerprint density at radius 3 is 3.00 bits per heavy atom. The monoisotopic (exact) mass is 319 g/mol. The Morgan fingerprint density at radius 2 is 2.27 bits per heavy atom. The molecule has 1 fully saturated rings. The van der Waals surface area contributed by atoms with Gasteiger partial charge in [0.15, 0.2) is 0 Å². The fourth-order valence-corrected chi connectivity index (χ4v) is 3.77. The maximum atomic E-state index is 12.4. The number of hydrogen-bond donors (Lipinski definition) is 1. The Balaban J connectivity index is 1.62. The summed E-state index contributed by atoms with van der Waals surface area (Å²) in [5.41, 5.74) is 0.683. The van der Waals surface area contributed by atoms with E-state index in [1.165, 1.54) is 0 Å². The molecule has 0 spiro atoms. The largest absolute Gasteiger partial charge is 0.369 e. The molecule has 22 heavy (non-hydrogen) atoms. The molecule has 2 aromatic rings. The lowest BCUT2D eigenvalue weighted by Crippen LogP contribution is -2.56. The number of ether oxygens (including phenoxy) is 1. The first-order valence-corrected chi connectivity index (χ1v) is 8.30. The van der Waals surface area contributed by atoms with Crippen molar-refractivity contribution in [1.29, 1.82) is 0 Å². The molecule has 2 amide bonds. The summed E-state index contributed by atoms with van der Waals surface area (Å²) in [6.07, 6.45) is 0.0527. The lowest BCUT2D eigenvalue weighted by atomic mass is 10.1. The van der Waals surface area contributed by atoms with Gasteiger partial charge >= 0.3 is 6.03 Å². The van der Waals surface area contributed by atoms with E-state index in [2.05, 4.69) is 10.3 Å². The quantitative estimate of drug-likeness (QED) is 0.926. The zero-order valence-electron chi connectivity index (χ0n) is 13.1. The molecular formula is C16H21N3O2S. The van der Waals surface area contributed by atoms with Crippen LogP contribution in [-0.4, -0.2) is 40.7 Å². The van der Waals surface area contributed by atoms with Gasteiger partial charge in [-0.15, -0.1) is 11.3 Å². The van der Waals surface area contributed by atoms with E-state index < -0.39 is 0 Å². The fraction of sp³-hybridized carbons (Fsp3) is 0.500. The van der Waals surface area contributed by atoms with Crippen molar-refractivity contribution in [3.05, 3.63) is 29.3 Å². The van der Waals surface area contributed by atoms with Crippen LogP contribution in [0.15, 0.2) is 24.3 Å². The number of benzene rings is 1. The number of para-hydroxylation sites is 1. The standard InChI is InChI=1S/C16H21N3O2S/c1-11-9-19(10-16(2,3)21-11)15(20)17-8-14-18-12-6-4-5-7-13(12)22-14/h4-7,11H,8-10H2,1-3H3,(H,17,20). The number of urea groups is 1. The number of nitrogens with one attached hydrogen (secondary N) is 1. The van der Waals surface area contributed by atoms with Gasteiger partial charge in [-0.1, -0.05) is 12.1 Å². The molecule has 3 rings (SSSR count). The lowest BCUT2D eigenvalue weighted by Gasteiger charge is -2.41. The number of fused-ring (bicyclic) bond motifs is 1. The molecule has 1 aromatic carbocycles. The molecule has 2 heterocycles. The Labute approximate surface area is 134 Å². The smallest absolute Gasteiger partial charge is 0.317 e. The first-order valence-electron chi connectivity index (χ1n) is 7.48. The van der Waals surface area contributed by atoms with Gasteiger partial charge in [-0.2, -0.15) is 0 Å². The van der Waals surface area contributed by atoms with Crippen LogP contribution in [0.25, 0.3) is 10.2 Å². The van der Waals surface area contributed by atoms with Crippen molar-refractivity contribution >= 4 is 27.6 Å². The summed E-state index contributed by atoms with van der Waals surface area (Å²) < 4.78 is 6.97. The van der Waals surface area contributed by atoms with Crippen LogP contribution in [0.5, 0.6) is 0 Å². The van der Waals surface area contributed by atoms with Crippen molar-refractivity contribution in [1.82, 2.24) is 15.2 Å². The predicted molar refractivity (Wildman–Crippen MR) is 88.1 cm³/mol. The van der Waals surface area contributed by atoms with E-state index in [0.29, 0.717) is 19.6 Å². The van der Waals surface area contributed by atoms with Crippen molar-refractivity contribution in [2.75, 3.05) is 13.1 Å². The average molecular weight is 319 g/mol. The molecule has 0 bridgehead atoms. The molecule has 0 saturated carbocycles. The van der Waals surface area contributed by atoms with Crippen LogP contribution in [0.3, 0.4) is 0 Å². The van der Waals surface area contributed by atoms with Gasteiger partial charge in [-0.25, -0.2) is 9.78 Å². The van der Waals surface area contributed by atoms with E-state index in [4.69, 9.17) is 4.74 Å². The second kappa shape index (κ2) is 5.85. The Bertz CT molecular complexity index is 650. The first-order chi connectivity index (χ1) is 10.4. The number of nitrogens with zero attached hydrogens (tertiary/aromatic N) is 2. The Morgan fingerprint density at radius 1 is 1.50 bits per heavy atom. The maximum absolute atomic E-state index is 12.4. The van der Waals surface area contributed by atoms with Gasteiger partial charge in [-0.05, 0) is 32.9 Å². The Hall–Kier alpha value is -1.66. The predicted octanol–water partition coefficient (Wildman–Crippen LogP) is 3.01. The van der Waals surface area contributed by atoms with Gasteiger partial charge in [0.2, 0.25) is 0 Å². The summed E-state index contributed by atoms with van der Waals surface area (Å²) in [6, 6.07) is 7.96. The number of carbonyl (C=O) groups is 1. The van der Waals surface area contributed by atoms with Crippen molar-refractivity contribution in [3.63, 3.8) is 0 Å². The van der Waals surface area contributed by atoms with Gasteiger partial charge < -0.3 is 15.0 Å². The van der Waals surface area contributed by atoms with E-state index in [9.17, 15) is 4.79 Å². The molecule has 1 unspecified atom stereocenters. The molecule has 0 radical (unpaired) electrons. The normalized spacial score (nSPS) is 21.0. The molecule has 1 aliphatic rings. The molecule has 1 saturated heterocycles. The van der Waals surface area contributed by atoms with E-state index in [0.717, 1.165) is 15.2 Å². The topological polar surface area (TPSA) is 54.5 Å². The van der Waals surface area contributed by atoms with Crippen LogP contribution in [0.1, 0.15) is 25.8 Å². The van der Waals surface area contributed by atoms with E-state index in [-0.39, 0.29) is 17.7 Å². The van der Waals surface area contributed by atoms with Crippen LogP contribution in [0.4, 0.5) is 4.79 Å². The van der Waals surface area contributed by atoms with E-state index in [1.807, 2.05) is 49.9 Å². The van der Waals surface area contributed by atoms with Crippen molar-refractivity contribution < 1.29 is 9.53 Å². The Kier molecular flexibility index (Phi) is 4.06. The van der Waals surface area contributed by atoms with Gasteiger partial charge in [0.05, 0.1) is 35.0 Å². The van der Waals surface area contributed by atoms with Crippen LogP contribution in [0, 0.1) is 0 Å². The lowest BCUT2D eigenvalue weighted by molar-refractivity contribution is -0.117. The SMILES string of the molecule is CC1CN(C(=O)NCc2nc3ccccc3s2)CC(C)(C)O1. The summed E-state index contributed by atoms with van der Waals surface area (Å²) >= 11 is 1.62. The number of hydrogen-bond acceptors (Lipinski definition) is 4. The number of carbonyl (C=O) groups excluding carboxylic acids is 1. The van der Waals surface area contributed by atoms with E-state index in [1.54, 1.807) is 11.3 Å². The minimum atomic E-state index is -0.301. The summed E-state index contributed by atoms with van der Waals surface area (Å²) in [5, 5.41) is 3.89. The summed E-state index contributed by atoms with van der Waals surface area (Å²) in [4.78, 5) is 18.7. The van der Waals surface area contributed by atoms with Crippen LogP contribution in [-0.2, 0) is 11.3 Å². The van der Waals surface area contributed by atoms with Gasteiger partial charge in [-0.3, -0.25) is 0 Å². The van der Waals surface area contributed by atoms with Crippen molar-refractivity contribution in [2.24, 2.45) is 0 Å². The fourth-order valence-electron chi connectivity index (χ4n) is 2.87. The second-order valence-corrected chi connectivity index (χ2v) is 7.42. The minimum Gasteiger partial charge on any atom is -0.369 e. The number of morpholine rings is 1. The molecule has 118 valence electrons. The third kappa shape index (κ3) is 3.39. The first kappa shape index (κ1) is 15.2. The zero-order valence-corrected chi connectivity index (χ0v) is 13.9. The van der Waals surface area contributed by atoms with Crippen LogP contribution < -0.4 is 5.32 Å².